The number of nitrogens with zero attached hydrogens (tertiary/aromatic N) is 2. The van der Waals surface area contributed by atoms with Gasteiger partial charge in [0, 0.05) is 46.4 Å². The summed E-state index contributed by atoms with van der Waals surface area (Å²) in [7, 11) is 1.27. The first-order chi connectivity index (χ1) is 20.2. The van der Waals surface area contributed by atoms with Crippen LogP contribution >= 0.6 is 27.5 Å². The molecule has 3 unspecified atom stereocenters. The van der Waals surface area contributed by atoms with Crippen molar-refractivity contribution >= 4 is 57.0 Å². The number of aromatic nitrogens is 1. The molecule has 0 saturated carbocycles. The lowest BCUT2D eigenvalue weighted by Crippen LogP contribution is -2.42. The van der Waals surface area contributed by atoms with Gasteiger partial charge in [-0.05, 0) is 54.8 Å². The van der Waals surface area contributed by atoms with Crippen LogP contribution in [0.15, 0.2) is 53.1 Å². The summed E-state index contributed by atoms with van der Waals surface area (Å²) in [5.74, 6) is -1.09. The fourth-order valence-corrected chi connectivity index (χ4v) is 6.06. The van der Waals surface area contributed by atoms with Crippen LogP contribution in [0.1, 0.15) is 56.0 Å². The van der Waals surface area contributed by atoms with Crippen molar-refractivity contribution in [2.24, 2.45) is 5.92 Å². The van der Waals surface area contributed by atoms with E-state index in [1.807, 2.05) is 19.1 Å². The molecular weight excluding hydrogens is 631 g/mol. The van der Waals surface area contributed by atoms with Crippen LogP contribution < -0.4 is 10.6 Å². The van der Waals surface area contributed by atoms with Gasteiger partial charge in [0.05, 0.1) is 29.6 Å². The van der Waals surface area contributed by atoms with E-state index in [-0.39, 0.29) is 22.4 Å². The predicted molar refractivity (Wildman–Crippen MR) is 160 cm³/mol. The molecule has 5 rings (SSSR count). The van der Waals surface area contributed by atoms with Crippen LogP contribution in [0.2, 0.25) is 5.02 Å². The van der Waals surface area contributed by atoms with Gasteiger partial charge in [-0.1, -0.05) is 46.9 Å². The Hall–Kier alpha value is -3.70. The van der Waals surface area contributed by atoms with Crippen molar-refractivity contribution in [1.29, 1.82) is 0 Å². The molecule has 9 nitrogen and oxygen atoms in total. The van der Waals surface area contributed by atoms with E-state index in [1.54, 1.807) is 35.4 Å². The highest BCUT2D eigenvalue weighted by atomic mass is 79.9. The first-order valence-corrected chi connectivity index (χ1v) is 14.7. The summed E-state index contributed by atoms with van der Waals surface area (Å²) in [6.45, 7) is 2.16. The molecule has 2 N–H and O–H groups in total. The standard InChI is InChI=1S/C30H29BrClFN4O5/c1-16-4-3-5-24(37-13-11-25(42-30(37)40)26-20(31)8-9-21(32)27(26)33)23-14-17(10-12-34-23)19-7-6-18(35-29(39)41-2)15-22(19)36-28(16)38/h6-10,12,14-16,24-25H,3-5,11,13H2,1-2H3,(H,35,39)(H,36,38). The Kier molecular flexibility index (Phi) is 8.98. The highest BCUT2D eigenvalue weighted by Gasteiger charge is 2.36. The summed E-state index contributed by atoms with van der Waals surface area (Å²) in [4.78, 5) is 44.6. The Morgan fingerprint density at radius 2 is 2.00 bits per heavy atom. The number of ether oxygens (including phenoxy) is 2. The predicted octanol–water partition coefficient (Wildman–Crippen LogP) is 7.87. The first-order valence-electron chi connectivity index (χ1n) is 13.5. The Morgan fingerprint density at radius 3 is 2.76 bits per heavy atom. The van der Waals surface area contributed by atoms with Gasteiger partial charge in [-0.25, -0.2) is 14.0 Å². The quantitative estimate of drug-likeness (QED) is 0.277. The van der Waals surface area contributed by atoms with Crippen LogP contribution in [-0.4, -0.2) is 41.6 Å². The third-order valence-corrected chi connectivity index (χ3v) is 8.58. The number of hydrogen-bond donors (Lipinski definition) is 2. The van der Waals surface area contributed by atoms with Crippen molar-refractivity contribution in [2.45, 2.75) is 44.8 Å². The molecule has 0 radical (unpaired) electrons. The number of nitrogens with one attached hydrogen (secondary N) is 2. The maximum absolute atomic E-state index is 14.9. The van der Waals surface area contributed by atoms with Gasteiger partial charge in [0.1, 0.15) is 11.9 Å². The molecule has 3 amide bonds. The van der Waals surface area contributed by atoms with Gasteiger partial charge in [0.2, 0.25) is 5.91 Å². The second-order valence-corrected chi connectivity index (χ2v) is 11.6. The molecule has 42 heavy (non-hydrogen) atoms. The third kappa shape index (κ3) is 6.22. The summed E-state index contributed by atoms with van der Waals surface area (Å²) in [6.07, 6.45) is 1.79. The maximum atomic E-state index is 14.9. The van der Waals surface area contributed by atoms with Crippen LogP contribution in [0, 0.1) is 11.7 Å². The molecule has 1 saturated heterocycles. The zero-order chi connectivity index (χ0) is 30.0. The minimum atomic E-state index is -0.796. The fraction of sp³-hybridized carbons (Fsp3) is 0.333. The zero-order valence-electron chi connectivity index (χ0n) is 23.0. The van der Waals surface area contributed by atoms with Gasteiger partial charge in [-0.2, -0.15) is 0 Å². The van der Waals surface area contributed by atoms with Crippen LogP contribution in [0.3, 0.4) is 0 Å². The molecule has 2 aliphatic rings. The monoisotopic (exact) mass is 658 g/mol. The van der Waals surface area contributed by atoms with Crippen molar-refractivity contribution in [1.82, 2.24) is 9.88 Å². The highest BCUT2D eigenvalue weighted by molar-refractivity contribution is 9.10. The number of pyridine rings is 1. The smallest absolute Gasteiger partial charge is 0.411 e. The van der Waals surface area contributed by atoms with E-state index in [4.69, 9.17) is 21.1 Å². The SMILES string of the molecule is COC(=O)Nc1ccc2c(c1)NC(=O)C(C)CCCC(N1CCC(c3c(Br)ccc(Cl)c3F)OC1=O)c1cc-2ccn1. The van der Waals surface area contributed by atoms with E-state index in [0.717, 1.165) is 11.1 Å². The minimum absolute atomic E-state index is 0.0429. The van der Waals surface area contributed by atoms with E-state index in [0.29, 0.717) is 53.8 Å². The first kappa shape index (κ1) is 29.8. The molecule has 0 spiro atoms. The van der Waals surface area contributed by atoms with Gasteiger partial charge < -0.3 is 14.8 Å². The highest BCUT2D eigenvalue weighted by Crippen LogP contribution is 2.40. The minimum Gasteiger partial charge on any atom is -0.453 e. The average molecular weight is 660 g/mol. The number of carbonyl (C=O) groups is 3. The number of methoxy groups -OCH3 is 1. The number of benzene rings is 2. The average Bonchev–Trinajstić information content (AvgIpc) is 2.97. The molecule has 0 aliphatic carbocycles. The maximum Gasteiger partial charge on any atom is 0.411 e. The molecule has 3 atom stereocenters. The number of hydrogen-bond acceptors (Lipinski definition) is 6. The molecule has 1 aromatic heterocycles. The second kappa shape index (κ2) is 12.7. The Morgan fingerprint density at radius 1 is 1.19 bits per heavy atom. The summed E-state index contributed by atoms with van der Waals surface area (Å²) < 4.78 is 25.8. The molecule has 12 heteroatoms. The Labute approximate surface area is 255 Å². The van der Waals surface area contributed by atoms with Gasteiger partial charge in [0.25, 0.3) is 0 Å². The van der Waals surface area contributed by atoms with E-state index < -0.39 is 30.1 Å². The lowest BCUT2D eigenvalue weighted by Gasteiger charge is -2.37. The van der Waals surface area contributed by atoms with Gasteiger partial charge >= 0.3 is 12.2 Å². The summed E-state index contributed by atoms with van der Waals surface area (Å²) in [5.41, 5.74) is 3.35. The molecule has 2 aliphatic heterocycles. The van der Waals surface area contributed by atoms with Gasteiger partial charge in [0.15, 0.2) is 0 Å². The molecule has 3 aromatic rings. The molecule has 2 bridgehead atoms. The van der Waals surface area contributed by atoms with Crippen molar-refractivity contribution in [3.05, 3.63) is 75.2 Å². The van der Waals surface area contributed by atoms with Crippen LogP contribution in [-0.2, 0) is 14.3 Å². The normalized spacial score (nSPS) is 20.8. The van der Waals surface area contributed by atoms with Crippen LogP contribution in [0.5, 0.6) is 0 Å². The second-order valence-electron chi connectivity index (χ2n) is 10.3. The molecular formula is C30H29BrClFN4O5. The Bertz CT molecular complexity index is 1540. The van der Waals surface area contributed by atoms with E-state index in [2.05, 4.69) is 31.5 Å². The van der Waals surface area contributed by atoms with E-state index in [9.17, 15) is 18.8 Å². The molecule has 220 valence electrons. The molecule has 2 aromatic carbocycles. The molecule has 1 fully saturated rings. The number of anilines is 2. The zero-order valence-corrected chi connectivity index (χ0v) is 25.3. The lowest BCUT2D eigenvalue weighted by atomic mass is 9.94. The van der Waals surface area contributed by atoms with Crippen molar-refractivity contribution < 1.29 is 28.2 Å². The Balaban J connectivity index is 1.48. The summed E-state index contributed by atoms with van der Waals surface area (Å²) in [6, 6.07) is 11.5. The number of cyclic esters (lactones) is 1. The lowest BCUT2D eigenvalue weighted by molar-refractivity contribution is -0.119. The van der Waals surface area contributed by atoms with Crippen molar-refractivity contribution in [3.63, 3.8) is 0 Å². The van der Waals surface area contributed by atoms with Crippen LogP contribution in [0.4, 0.5) is 25.4 Å². The summed E-state index contributed by atoms with van der Waals surface area (Å²) in [5, 5.41) is 5.59. The van der Waals surface area contributed by atoms with Crippen molar-refractivity contribution in [2.75, 3.05) is 24.3 Å². The number of halogens is 3. The fourth-order valence-electron chi connectivity index (χ4n) is 5.33. The van der Waals surface area contributed by atoms with Crippen LogP contribution in [0.25, 0.3) is 11.1 Å². The van der Waals surface area contributed by atoms with E-state index >= 15 is 0 Å². The number of fused-ring (bicyclic) bond motifs is 4. The summed E-state index contributed by atoms with van der Waals surface area (Å²) >= 11 is 9.36. The topological polar surface area (TPSA) is 110 Å². The van der Waals surface area contributed by atoms with Gasteiger partial charge in [-0.15, -0.1) is 0 Å². The number of amides is 3. The van der Waals surface area contributed by atoms with E-state index in [1.165, 1.54) is 13.2 Å². The number of carbonyl (C=O) groups excluding carboxylic acids is 3. The van der Waals surface area contributed by atoms with Crippen molar-refractivity contribution in [3.8, 4) is 11.1 Å². The largest absolute Gasteiger partial charge is 0.453 e. The number of rotatable bonds is 3. The third-order valence-electron chi connectivity index (χ3n) is 7.59. The van der Waals surface area contributed by atoms with Gasteiger partial charge in [-0.3, -0.25) is 20.0 Å². The molecule has 3 heterocycles.